The molecular formula is C14H23N3. The number of hydrogen-bond acceptors (Lipinski definition) is 3. The van der Waals surface area contributed by atoms with Crippen molar-refractivity contribution in [2.24, 2.45) is 5.41 Å². The molecule has 1 aromatic rings. The van der Waals surface area contributed by atoms with Crippen molar-refractivity contribution in [3.8, 4) is 0 Å². The summed E-state index contributed by atoms with van der Waals surface area (Å²) in [5, 5.41) is 3.35. The van der Waals surface area contributed by atoms with Crippen LogP contribution >= 0.6 is 0 Å². The monoisotopic (exact) mass is 233 g/mol. The van der Waals surface area contributed by atoms with Crippen LogP contribution in [0.2, 0.25) is 0 Å². The molecule has 1 saturated carbocycles. The zero-order chi connectivity index (χ0) is 12.5. The van der Waals surface area contributed by atoms with E-state index in [9.17, 15) is 0 Å². The summed E-state index contributed by atoms with van der Waals surface area (Å²) in [6, 6.07) is 4.94. The normalized spacial score (nSPS) is 27.6. The molecule has 0 aliphatic heterocycles. The summed E-state index contributed by atoms with van der Waals surface area (Å²) >= 11 is 0. The fourth-order valence-electron chi connectivity index (χ4n) is 2.81. The number of nitrogens with zero attached hydrogens (tertiary/aromatic N) is 2. The topological polar surface area (TPSA) is 28.2 Å². The van der Waals surface area contributed by atoms with E-state index in [4.69, 9.17) is 0 Å². The molecule has 0 unspecified atom stereocenters. The van der Waals surface area contributed by atoms with Gasteiger partial charge in [0, 0.05) is 25.3 Å². The lowest BCUT2D eigenvalue weighted by Crippen LogP contribution is -2.51. The Balaban J connectivity index is 1.93. The number of aromatic nitrogens is 1. The van der Waals surface area contributed by atoms with Crippen molar-refractivity contribution in [1.29, 1.82) is 0 Å². The van der Waals surface area contributed by atoms with E-state index in [1.165, 1.54) is 18.5 Å². The highest BCUT2D eigenvalue weighted by molar-refractivity contribution is 5.44. The van der Waals surface area contributed by atoms with Crippen LogP contribution in [0.3, 0.4) is 0 Å². The lowest BCUT2D eigenvalue weighted by molar-refractivity contribution is 0.118. The molecule has 2 rings (SSSR count). The first-order valence-corrected chi connectivity index (χ1v) is 6.33. The Hall–Kier alpha value is -1.09. The molecular weight excluding hydrogens is 210 g/mol. The SMILES string of the molecule is CNC1CC(C)(CN(C)c2ccc(C)nc2)C1. The second-order valence-electron chi connectivity index (χ2n) is 5.72. The summed E-state index contributed by atoms with van der Waals surface area (Å²) in [6.07, 6.45) is 4.51. The molecule has 1 heterocycles. The largest absolute Gasteiger partial charge is 0.373 e. The first kappa shape index (κ1) is 12.4. The average Bonchev–Trinajstić information content (AvgIpc) is 2.26. The molecule has 17 heavy (non-hydrogen) atoms. The summed E-state index contributed by atoms with van der Waals surface area (Å²) in [6.45, 7) is 5.50. The molecule has 1 fully saturated rings. The van der Waals surface area contributed by atoms with Crippen molar-refractivity contribution < 1.29 is 0 Å². The van der Waals surface area contributed by atoms with Gasteiger partial charge in [-0.15, -0.1) is 0 Å². The number of hydrogen-bond donors (Lipinski definition) is 1. The van der Waals surface area contributed by atoms with E-state index < -0.39 is 0 Å². The van der Waals surface area contributed by atoms with Gasteiger partial charge in [-0.2, -0.15) is 0 Å². The molecule has 0 aromatic carbocycles. The highest BCUT2D eigenvalue weighted by Crippen LogP contribution is 2.41. The Morgan fingerprint density at radius 1 is 1.47 bits per heavy atom. The number of aryl methyl sites for hydroxylation is 1. The fraction of sp³-hybridized carbons (Fsp3) is 0.643. The zero-order valence-corrected chi connectivity index (χ0v) is 11.3. The molecule has 0 radical (unpaired) electrons. The number of pyridine rings is 1. The van der Waals surface area contributed by atoms with Crippen molar-refractivity contribution in [2.75, 3.05) is 25.5 Å². The van der Waals surface area contributed by atoms with Crippen LogP contribution in [0.1, 0.15) is 25.5 Å². The van der Waals surface area contributed by atoms with Crippen LogP contribution in [0, 0.1) is 12.3 Å². The summed E-state index contributed by atoms with van der Waals surface area (Å²) < 4.78 is 0. The summed E-state index contributed by atoms with van der Waals surface area (Å²) in [5.74, 6) is 0. The first-order valence-electron chi connectivity index (χ1n) is 6.33. The molecule has 1 aromatic heterocycles. The maximum Gasteiger partial charge on any atom is 0.0550 e. The molecule has 1 N–H and O–H groups in total. The smallest absolute Gasteiger partial charge is 0.0550 e. The Bertz CT molecular complexity index is 366. The Morgan fingerprint density at radius 2 is 2.18 bits per heavy atom. The minimum atomic E-state index is 0.452. The van der Waals surface area contributed by atoms with Crippen molar-refractivity contribution in [3.05, 3.63) is 24.0 Å². The van der Waals surface area contributed by atoms with E-state index >= 15 is 0 Å². The highest BCUT2D eigenvalue weighted by Gasteiger charge is 2.40. The molecule has 3 nitrogen and oxygen atoms in total. The number of nitrogens with one attached hydrogen (secondary N) is 1. The van der Waals surface area contributed by atoms with E-state index in [0.717, 1.165) is 12.2 Å². The van der Waals surface area contributed by atoms with Gasteiger partial charge in [-0.25, -0.2) is 0 Å². The van der Waals surface area contributed by atoms with E-state index in [1.54, 1.807) is 0 Å². The van der Waals surface area contributed by atoms with Crippen molar-refractivity contribution in [1.82, 2.24) is 10.3 Å². The Morgan fingerprint density at radius 3 is 2.71 bits per heavy atom. The van der Waals surface area contributed by atoms with E-state index in [0.29, 0.717) is 11.5 Å². The van der Waals surface area contributed by atoms with Gasteiger partial charge in [0.2, 0.25) is 0 Å². The zero-order valence-electron chi connectivity index (χ0n) is 11.3. The van der Waals surface area contributed by atoms with Gasteiger partial charge in [-0.3, -0.25) is 4.98 Å². The lowest BCUT2D eigenvalue weighted by Gasteiger charge is -2.47. The molecule has 0 saturated heterocycles. The number of rotatable bonds is 4. The van der Waals surface area contributed by atoms with Gasteiger partial charge in [-0.05, 0) is 44.4 Å². The third-order valence-corrected chi connectivity index (χ3v) is 3.84. The van der Waals surface area contributed by atoms with Crippen molar-refractivity contribution >= 4 is 5.69 Å². The van der Waals surface area contributed by atoms with Crippen LogP contribution in [0.4, 0.5) is 5.69 Å². The van der Waals surface area contributed by atoms with Crippen LogP contribution in [-0.2, 0) is 0 Å². The summed E-state index contributed by atoms with van der Waals surface area (Å²) in [4.78, 5) is 6.67. The standard InChI is InChI=1S/C14H23N3/c1-11-5-6-13(9-16-11)17(4)10-14(2)7-12(8-14)15-3/h5-6,9,12,15H,7-8,10H2,1-4H3. The van der Waals surface area contributed by atoms with Crippen LogP contribution in [0.25, 0.3) is 0 Å². The molecule has 1 aliphatic rings. The van der Waals surface area contributed by atoms with E-state index in [-0.39, 0.29) is 0 Å². The summed E-state index contributed by atoms with van der Waals surface area (Å²) in [7, 11) is 4.21. The second kappa shape index (κ2) is 4.65. The van der Waals surface area contributed by atoms with E-state index in [2.05, 4.69) is 48.4 Å². The Labute approximate surface area is 104 Å². The maximum absolute atomic E-state index is 4.35. The van der Waals surface area contributed by atoms with Gasteiger partial charge in [0.05, 0.1) is 11.9 Å². The number of anilines is 1. The first-order chi connectivity index (χ1) is 8.02. The van der Waals surface area contributed by atoms with Gasteiger partial charge in [0.25, 0.3) is 0 Å². The predicted octanol–water partition coefficient (Wildman–Crippen LogP) is 2.21. The minimum Gasteiger partial charge on any atom is -0.373 e. The van der Waals surface area contributed by atoms with Gasteiger partial charge in [0.15, 0.2) is 0 Å². The van der Waals surface area contributed by atoms with Crippen LogP contribution in [0.15, 0.2) is 18.3 Å². The average molecular weight is 233 g/mol. The maximum atomic E-state index is 4.35. The second-order valence-corrected chi connectivity index (χ2v) is 5.72. The van der Waals surface area contributed by atoms with E-state index in [1.807, 2.05) is 13.1 Å². The molecule has 94 valence electrons. The molecule has 0 spiro atoms. The minimum absolute atomic E-state index is 0.452. The molecule has 0 amide bonds. The van der Waals surface area contributed by atoms with Crippen molar-refractivity contribution in [3.63, 3.8) is 0 Å². The molecule has 0 bridgehead atoms. The quantitative estimate of drug-likeness (QED) is 0.864. The highest BCUT2D eigenvalue weighted by atomic mass is 15.1. The predicted molar refractivity (Wildman–Crippen MR) is 72.4 cm³/mol. The van der Waals surface area contributed by atoms with Gasteiger partial charge in [-0.1, -0.05) is 6.92 Å². The van der Waals surface area contributed by atoms with Gasteiger partial charge >= 0.3 is 0 Å². The fourth-order valence-corrected chi connectivity index (χ4v) is 2.81. The van der Waals surface area contributed by atoms with Crippen LogP contribution < -0.4 is 10.2 Å². The molecule has 3 heteroatoms. The van der Waals surface area contributed by atoms with Crippen LogP contribution in [-0.4, -0.2) is 31.7 Å². The van der Waals surface area contributed by atoms with Crippen molar-refractivity contribution in [2.45, 2.75) is 32.7 Å². The third-order valence-electron chi connectivity index (χ3n) is 3.84. The van der Waals surface area contributed by atoms with Gasteiger partial charge in [0.1, 0.15) is 0 Å². The summed E-state index contributed by atoms with van der Waals surface area (Å²) in [5.41, 5.74) is 2.74. The third kappa shape index (κ3) is 2.78. The molecule has 1 aliphatic carbocycles. The Kier molecular flexibility index (Phi) is 3.38. The molecule has 0 atom stereocenters. The van der Waals surface area contributed by atoms with Crippen LogP contribution in [0.5, 0.6) is 0 Å². The lowest BCUT2D eigenvalue weighted by atomic mass is 9.66. The van der Waals surface area contributed by atoms with Gasteiger partial charge < -0.3 is 10.2 Å².